The first-order valence-corrected chi connectivity index (χ1v) is 10.1. The molecular weight excluding hydrogens is 364 g/mol. The smallest absolute Gasteiger partial charge is 0.236 e. The Morgan fingerprint density at radius 2 is 1.89 bits per heavy atom. The van der Waals surface area contributed by atoms with Gasteiger partial charge in [-0.1, -0.05) is 19.9 Å². The van der Waals surface area contributed by atoms with Crippen LogP contribution in [0.1, 0.15) is 38.7 Å². The number of likely N-dealkylation sites (N-methyl/N-ethyl adjacent to an activating group) is 1. The van der Waals surface area contributed by atoms with Gasteiger partial charge in [-0.2, -0.15) is 0 Å². The monoisotopic (exact) mass is 393 g/mol. The van der Waals surface area contributed by atoms with Gasteiger partial charge in [0.05, 0.1) is 12.0 Å². The van der Waals surface area contributed by atoms with E-state index in [1.165, 1.54) is 6.07 Å². The summed E-state index contributed by atoms with van der Waals surface area (Å²) in [6.07, 6.45) is 2.30. The van der Waals surface area contributed by atoms with Crippen LogP contribution in [0.15, 0.2) is 18.2 Å². The molecule has 0 N–H and O–H groups in total. The van der Waals surface area contributed by atoms with E-state index in [0.29, 0.717) is 38.2 Å². The van der Waals surface area contributed by atoms with Gasteiger partial charge in [0.2, 0.25) is 11.8 Å². The Balaban J connectivity index is 1.66. The van der Waals surface area contributed by atoms with E-state index in [-0.39, 0.29) is 18.4 Å². The molecule has 2 aliphatic rings. The van der Waals surface area contributed by atoms with Crippen molar-refractivity contribution in [1.82, 2.24) is 14.7 Å². The number of benzene rings is 1. The topological polar surface area (TPSA) is 43.9 Å². The highest BCUT2D eigenvalue weighted by Gasteiger charge is 2.49. The lowest BCUT2D eigenvalue weighted by Crippen LogP contribution is -2.50. The maximum Gasteiger partial charge on any atom is 0.236 e. The fourth-order valence-corrected chi connectivity index (χ4v) is 4.36. The van der Waals surface area contributed by atoms with Crippen molar-refractivity contribution in [2.45, 2.75) is 39.7 Å². The van der Waals surface area contributed by atoms with E-state index < -0.39 is 17.0 Å². The average Bonchev–Trinajstić information content (AvgIpc) is 3.11. The molecule has 7 heteroatoms. The highest BCUT2D eigenvalue weighted by molar-refractivity contribution is 5.86. The van der Waals surface area contributed by atoms with Crippen LogP contribution in [0, 0.1) is 17.0 Å². The minimum absolute atomic E-state index is 0.0293. The fourth-order valence-electron chi connectivity index (χ4n) is 4.36. The van der Waals surface area contributed by atoms with Crippen LogP contribution in [-0.2, 0) is 16.1 Å². The number of rotatable bonds is 6. The Hall–Kier alpha value is -2.02. The molecule has 0 aromatic heterocycles. The Kier molecular flexibility index (Phi) is 6.33. The first kappa shape index (κ1) is 20.7. The van der Waals surface area contributed by atoms with Crippen molar-refractivity contribution < 1.29 is 18.4 Å². The second-order valence-corrected chi connectivity index (χ2v) is 7.89. The van der Waals surface area contributed by atoms with Gasteiger partial charge in [-0.15, -0.1) is 0 Å². The molecule has 2 heterocycles. The molecule has 0 bridgehead atoms. The zero-order chi connectivity index (χ0) is 20.3. The molecule has 1 aromatic carbocycles. The SMILES string of the molecule is CCN(CC)CC(=O)N1CC[C@]2(CCCN(Cc3ccc(F)c(F)c3)C2=O)C1. The molecule has 1 atom stereocenters. The number of carbonyl (C=O) groups is 2. The first-order valence-electron chi connectivity index (χ1n) is 10.1. The summed E-state index contributed by atoms with van der Waals surface area (Å²) < 4.78 is 26.7. The number of nitrogens with zero attached hydrogens (tertiary/aromatic N) is 3. The quantitative estimate of drug-likeness (QED) is 0.746. The van der Waals surface area contributed by atoms with Crippen molar-refractivity contribution in [2.24, 2.45) is 5.41 Å². The molecule has 0 unspecified atom stereocenters. The molecule has 28 heavy (non-hydrogen) atoms. The molecule has 2 aliphatic heterocycles. The summed E-state index contributed by atoms with van der Waals surface area (Å²) in [7, 11) is 0. The van der Waals surface area contributed by atoms with Crippen molar-refractivity contribution in [3.05, 3.63) is 35.4 Å². The third kappa shape index (κ3) is 4.19. The van der Waals surface area contributed by atoms with Crippen LogP contribution in [0.25, 0.3) is 0 Å². The normalized spacial score (nSPS) is 22.5. The van der Waals surface area contributed by atoms with Crippen LogP contribution < -0.4 is 0 Å². The van der Waals surface area contributed by atoms with Gasteiger partial charge in [-0.3, -0.25) is 14.5 Å². The van der Waals surface area contributed by atoms with E-state index in [1.54, 1.807) is 4.90 Å². The van der Waals surface area contributed by atoms with Gasteiger partial charge in [0.15, 0.2) is 11.6 Å². The van der Waals surface area contributed by atoms with Crippen LogP contribution in [0.5, 0.6) is 0 Å². The Labute approximate surface area is 165 Å². The van der Waals surface area contributed by atoms with Gasteiger partial charge in [0, 0.05) is 26.2 Å². The van der Waals surface area contributed by atoms with E-state index in [4.69, 9.17) is 0 Å². The summed E-state index contributed by atoms with van der Waals surface area (Å²) in [6, 6.07) is 3.76. The second kappa shape index (κ2) is 8.55. The molecule has 0 saturated carbocycles. The predicted octanol–water partition coefficient (Wildman–Crippen LogP) is 2.65. The van der Waals surface area contributed by atoms with Gasteiger partial charge in [0.1, 0.15) is 0 Å². The highest BCUT2D eigenvalue weighted by Crippen LogP contribution is 2.40. The molecule has 2 fully saturated rings. The van der Waals surface area contributed by atoms with Gasteiger partial charge in [-0.25, -0.2) is 8.78 Å². The Bertz CT molecular complexity index is 738. The van der Waals surface area contributed by atoms with Crippen molar-refractivity contribution in [2.75, 3.05) is 39.3 Å². The summed E-state index contributed by atoms with van der Waals surface area (Å²) in [5.41, 5.74) is 0.0483. The van der Waals surface area contributed by atoms with E-state index in [1.807, 2.05) is 18.7 Å². The lowest BCUT2D eigenvalue weighted by Gasteiger charge is -2.39. The number of hydrogen-bond donors (Lipinski definition) is 0. The zero-order valence-corrected chi connectivity index (χ0v) is 16.7. The summed E-state index contributed by atoms with van der Waals surface area (Å²) >= 11 is 0. The maximum absolute atomic E-state index is 13.5. The molecule has 3 rings (SSSR count). The molecule has 2 amide bonds. The summed E-state index contributed by atoms with van der Waals surface area (Å²) in [5.74, 6) is -1.68. The number of amides is 2. The number of halogens is 2. The minimum Gasteiger partial charge on any atom is -0.340 e. The van der Waals surface area contributed by atoms with Crippen LogP contribution in [0.3, 0.4) is 0 Å². The summed E-state index contributed by atoms with van der Waals surface area (Å²) in [4.78, 5) is 31.5. The van der Waals surface area contributed by atoms with E-state index in [0.717, 1.165) is 38.1 Å². The number of carbonyl (C=O) groups excluding carboxylic acids is 2. The minimum atomic E-state index is -0.897. The maximum atomic E-state index is 13.5. The average molecular weight is 393 g/mol. The van der Waals surface area contributed by atoms with E-state index >= 15 is 0 Å². The molecule has 1 spiro atoms. The number of likely N-dealkylation sites (tertiary alicyclic amines) is 2. The second-order valence-electron chi connectivity index (χ2n) is 7.89. The molecule has 154 valence electrons. The lowest BCUT2D eigenvalue weighted by molar-refractivity contribution is -0.147. The lowest BCUT2D eigenvalue weighted by atomic mass is 9.78. The standard InChI is InChI=1S/C21H29F2N3O2/c1-3-24(4-2)14-19(27)26-11-9-21(15-26)8-5-10-25(20(21)28)13-16-6-7-17(22)18(23)12-16/h6-7,12H,3-5,8-11,13-15H2,1-2H3/t21-/m1/s1. The largest absolute Gasteiger partial charge is 0.340 e. The third-order valence-electron chi connectivity index (χ3n) is 6.14. The fraction of sp³-hybridized carbons (Fsp3) is 0.619. The highest BCUT2D eigenvalue weighted by atomic mass is 19.2. The third-order valence-corrected chi connectivity index (χ3v) is 6.14. The molecule has 1 aromatic rings. The van der Waals surface area contributed by atoms with E-state index in [9.17, 15) is 18.4 Å². The molecule has 2 saturated heterocycles. The van der Waals surface area contributed by atoms with Crippen LogP contribution in [0.2, 0.25) is 0 Å². The van der Waals surface area contributed by atoms with Crippen LogP contribution in [-0.4, -0.2) is 65.8 Å². The van der Waals surface area contributed by atoms with Gasteiger partial charge in [0.25, 0.3) is 0 Å². The van der Waals surface area contributed by atoms with Gasteiger partial charge >= 0.3 is 0 Å². The van der Waals surface area contributed by atoms with Crippen molar-refractivity contribution in [1.29, 1.82) is 0 Å². The van der Waals surface area contributed by atoms with Gasteiger partial charge in [-0.05, 0) is 50.0 Å². The summed E-state index contributed by atoms with van der Waals surface area (Å²) in [6.45, 7) is 8.02. The predicted molar refractivity (Wildman–Crippen MR) is 102 cm³/mol. The Morgan fingerprint density at radius 1 is 1.14 bits per heavy atom. The molecular formula is C21H29F2N3O2. The Morgan fingerprint density at radius 3 is 2.57 bits per heavy atom. The first-order chi connectivity index (χ1) is 13.4. The van der Waals surface area contributed by atoms with Crippen LogP contribution in [0.4, 0.5) is 8.78 Å². The van der Waals surface area contributed by atoms with Crippen molar-refractivity contribution in [3.8, 4) is 0 Å². The number of piperidine rings is 1. The molecule has 0 radical (unpaired) electrons. The van der Waals surface area contributed by atoms with Crippen LogP contribution >= 0.6 is 0 Å². The summed E-state index contributed by atoms with van der Waals surface area (Å²) in [5, 5.41) is 0. The van der Waals surface area contributed by atoms with Gasteiger partial charge < -0.3 is 9.80 Å². The zero-order valence-electron chi connectivity index (χ0n) is 16.7. The van der Waals surface area contributed by atoms with E-state index in [2.05, 4.69) is 4.90 Å². The molecule has 5 nitrogen and oxygen atoms in total. The molecule has 0 aliphatic carbocycles. The van der Waals surface area contributed by atoms with Crippen molar-refractivity contribution >= 4 is 11.8 Å². The number of hydrogen-bond acceptors (Lipinski definition) is 3. The van der Waals surface area contributed by atoms with Crippen molar-refractivity contribution in [3.63, 3.8) is 0 Å².